The Morgan fingerprint density at radius 1 is 0.535 bits per heavy atom. The molecule has 0 aromatic heterocycles. The number of cyclic esters (lactones) is 4. The quantitative estimate of drug-likeness (QED) is 0.166. The van der Waals surface area contributed by atoms with E-state index in [1.165, 1.54) is 91.9 Å². The number of hydrogen-bond donors (Lipinski definition) is 0. The molecule has 11 heteroatoms. The van der Waals surface area contributed by atoms with Crippen molar-refractivity contribution in [1.82, 2.24) is 0 Å². The fourth-order valence-electron chi connectivity index (χ4n) is 5.25. The fourth-order valence-corrected chi connectivity index (χ4v) is 5.25. The van der Waals surface area contributed by atoms with E-state index < -0.39 is 35.5 Å². The van der Waals surface area contributed by atoms with Crippen molar-refractivity contribution in [1.29, 1.82) is 0 Å². The topological polar surface area (TPSA) is 105 Å². The zero-order chi connectivity index (χ0) is 30.5. The maximum absolute atomic E-state index is 14.8. The lowest BCUT2D eigenvalue weighted by Gasteiger charge is -2.36. The van der Waals surface area contributed by atoms with Crippen LogP contribution in [0, 0.1) is 0 Å². The van der Waals surface area contributed by atoms with Crippen LogP contribution in [0.15, 0.2) is 84.9 Å². The van der Waals surface area contributed by atoms with E-state index in [0.29, 0.717) is 0 Å². The predicted molar refractivity (Wildman–Crippen MR) is 143 cm³/mol. The summed E-state index contributed by atoms with van der Waals surface area (Å²) in [5.41, 5.74) is -2.10. The number of halogens is 3. The number of alkyl halides is 3. The highest BCUT2D eigenvalue weighted by molar-refractivity contribution is 6.15. The number of fused-ring (bicyclic) bond motifs is 2. The van der Waals surface area contributed by atoms with Crippen molar-refractivity contribution in [2.75, 3.05) is 0 Å². The highest BCUT2D eigenvalue weighted by atomic mass is 19.4. The second-order valence-corrected chi connectivity index (χ2v) is 9.78. The van der Waals surface area contributed by atoms with Crippen LogP contribution in [-0.4, -0.2) is 30.1 Å². The lowest BCUT2D eigenvalue weighted by atomic mass is 9.71. The Morgan fingerprint density at radius 3 is 1.23 bits per heavy atom. The highest BCUT2D eigenvalue weighted by Crippen LogP contribution is 2.49. The van der Waals surface area contributed by atoms with Gasteiger partial charge in [0, 0.05) is 0 Å². The summed E-state index contributed by atoms with van der Waals surface area (Å²) in [5.74, 6) is -2.27. The molecule has 0 fully saturated rings. The van der Waals surface area contributed by atoms with E-state index in [0.717, 1.165) is 0 Å². The minimum Gasteiger partial charge on any atom is -0.457 e. The molecule has 0 aliphatic carbocycles. The molecule has 2 heterocycles. The summed E-state index contributed by atoms with van der Waals surface area (Å²) in [6.45, 7) is 1.44. The normalized spacial score (nSPS) is 14.2. The summed E-state index contributed by atoms with van der Waals surface area (Å²) in [6.07, 6.45) is -4.98. The van der Waals surface area contributed by atoms with Gasteiger partial charge in [0.2, 0.25) is 0 Å². The van der Waals surface area contributed by atoms with E-state index in [4.69, 9.17) is 9.47 Å². The van der Waals surface area contributed by atoms with E-state index in [9.17, 15) is 32.3 Å². The number of rotatable bonds is 7. The zero-order valence-electron chi connectivity index (χ0n) is 22.2. The van der Waals surface area contributed by atoms with Crippen LogP contribution in [0.25, 0.3) is 0 Å². The van der Waals surface area contributed by atoms with Crippen molar-refractivity contribution in [3.63, 3.8) is 0 Å². The second-order valence-electron chi connectivity index (χ2n) is 9.78. The minimum absolute atomic E-state index is 0.0200. The standard InChI is InChI=1S/C32H19F3O8/c1-2-31(32(33,34)35,17-3-7-19(8-4-17)40-21-11-13-23-25(15-21)29(38)42-27(23)36)18-5-9-20(10-6-18)41-22-12-14-24-26(16-22)30(39)43-28(24)37/h3-16H,2H2,1H3. The van der Waals surface area contributed by atoms with Crippen molar-refractivity contribution in [2.45, 2.75) is 24.9 Å². The molecule has 2 aliphatic rings. The smallest absolute Gasteiger partial charge is 0.402 e. The lowest BCUT2D eigenvalue weighted by molar-refractivity contribution is -0.179. The van der Waals surface area contributed by atoms with Crippen LogP contribution in [0.1, 0.15) is 65.9 Å². The molecule has 2 aliphatic heterocycles. The summed E-state index contributed by atoms with van der Waals surface area (Å²) < 4.78 is 65.1. The summed E-state index contributed by atoms with van der Waals surface area (Å²) in [4.78, 5) is 47.0. The van der Waals surface area contributed by atoms with Crippen molar-refractivity contribution >= 4 is 23.9 Å². The van der Waals surface area contributed by atoms with Gasteiger partial charge in [-0.3, -0.25) is 0 Å². The summed E-state index contributed by atoms with van der Waals surface area (Å²) in [6, 6.07) is 19.2. The van der Waals surface area contributed by atoms with Gasteiger partial charge in [-0.05, 0) is 78.2 Å². The number of benzene rings is 4. The highest BCUT2D eigenvalue weighted by Gasteiger charge is 2.55. The Labute approximate surface area is 241 Å². The van der Waals surface area contributed by atoms with Gasteiger partial charge in [0.1, 0.15) is 28.4 Å². The van der Waals surface area contributed by atoms with Crippen LogP contribution in [0.3, 0.4) is 0 Å². The third kappa shape index (κ3) is 4.68. The predicted octanol–water partition coefficient (Wildman–Crippen LogP) is 7.15. The van der Waals surface area contributed by atoms with Gasteiger partial charge >= 0.3 is 30.1 Å². The van der Waals surface area contributed by atoms with Crippen molar-refractivity contribution in [3.05, 3.63) is 118 Å². The van der Waals surface area contributed by atoms with Gasteiger partial charge in [0.25, 0.3) is 0 Å². The van der Waals surface area contributed by atoms with Crippen LogP contribution in [0.4, 0.5) is 13.2 Å². The Balaban J connectivity index is 1.26. The molecule has 0 atom stereocenters. The van der Waals surface area contributed by atoms with Crippen LogP contribution >= 0.6 is 0 Å². The second kappa shape index (κ2) is 10.1. The fraction of sp³-hybridized carbons (Fsp3) is 0.125. The number of esters is 4. The number of ether oxygens (including phenoxy) is 4. The van der Waals surface area contributed by atoms with Crippen LogP contribution < -0.4 is 9.47 Å². The Morgan fingerprint density at radius 2 is 0.884 bits per heavy atom. The van der Waals surface area contributed by atoms with Gasteiger partial charge in [-0.15, -0.1) is 0 Å². The van der Waals surface area contributed by atoms with Crippen molar-refractivity contribution in [3.8, 4) is 23.0 Å². The molecule has 0 spiro atoms. The van der Waals surface area contributed by atoms with Crippen LogP contribution in [0.2, 0.25) is 0 Å². The number of carbonyl (C=O) groups is 4. The Kier molecular flexibility index (Phi) is 6.52. The van der Waals surface area contributed by atoms with Crippen LogP contribution in [-0.2, 0) is 14.9 Å². The molecule has 216 valence electrons. The molecule has 0 N–H and O–H groups in total. The van der Waals surface area contributed by atoms with E-state index in [1.807, 2.05) is 0 Å². The SMILES string of the molecule is CCC(c1ccc(Oc2ccc3c(c2)C(=O)OC3=O)cc1)(c1ccc(Oc2ccc3c(c2)C(=O)OC3=O)cc1)C(F)(F)F. The summed E-state index contributed by atoms with van der Waals surface area (Å²) >= 11 is 0. The van der Waals surface area contributed by atoms with Crippen LogP contribution in [0.5, 0.6) is 23.0 Å². The molecule has 4 aromatic carbocycles. The molecule has 0 radical (unpaired) electrons. The van der Waals surface area contributed by atoms with Gasteiger partial charge < -0.3 is 18.9 Å². The zero-order valence-corrected chi connectivity index (χ0v) is 22.2. The first-order chi connectivity index (χ1) is 20.5. The van der Waals surface area contributed by atoms with Gasteiger partial charge in [-0.2, -0.15) is 13.2 Å². The van der Waals surface area contributed by atoms with Crippen molar-refractivity contribution < 1.29 is 51.3 Å². The first-order valence-corrected chi connectivity index (χ1v) is 12.9. The molecule has 0 saturated carbocycles. The van der Waals surface area contributed by atoms with Gasteiger partial charge in [-0.25, -0.2) is 19.2 Å². The van der Waals surface area contributed by atoms with E-state index in [2.05, 4.69) is 9.47 Å². The number of carbonyl (C=O) groups excluding carboxylic acids is 4. The molecule has 8 nitrogen and oxygen atoms in total. The third-order valence-electron chi connectivity index (χ3n) is 7.41. The Bertz CT molecular complexity index is 1690. The van der Waals surface area contributed by atoms with E-state index in [1.54, 1.807) is 0 Å². The average molecular weight is 588 g/mol. The minimum atomic E-state index is -4.67. The molecular formula is C32H19F3O8. The maximum atomic E-state index is 14.8. The first-order valence-electron chi connectivity index (χ1n) is 12.9. The van der Waals surface area contributed by atoms with Gasteiger partial charge in [0.05, 0.1) is 22.3 Å². The monoisotopic (exact) mass is 588 g/mol. The first kappa shape index (κ1) is 27.7. The summed E-state index contributed by atoms with van der Waals surface area (Å²) in [7, 11) is 0. The Hall–Kier alpha value is -5.45. The average Bonchev–Trinajstić information content (AvgIpc) is 3.42. The number of hydrogen-bond acceptors (Lipinski definition) is 8. The molecule has 0 amide bonds. The van der Waals surface area contributed by atoms with Gasteiger partial charge in [-0.1, -0.05) is 31.2 Å². The lowest BCUT2D eigenvalue weighted by Crippen LogP contribution is -2.42. The molecule has 0 unspecified atom stereocenters. The van der Waals surface area contributed by atoms with E-state index in [-0.39, 0.29) is 62.8 Å². The maximum Gasteiger partial charge on any atom is 0.402 e. The molecule has 0 bridgehead atoms. The largest absolute Gasteiger partial charge is 0.457 e. The molecule has 6 rings (SSSR count). The molecule has 43 heavy (non-hydrogen) atoms. The molecule has 0 saturated heterocycles. The summed E-state index contributed by atoms with van der Waals surface area (Å²) in [5, 5.41) is 0. The van der Waals surface area contributed by atoms with E-state index >= 15 is 0 Å². The van der Waals surface area contributed by atoms with Crippen molar-refractivity contribution in [2.24, 2.45) is 0 Å². The molecule has 4 aromatic rings. The van der Waals surface area contributed by atoms with Gasteiger partial charge in [0.15, 0.2) is 0 Å². The molecular weight excluding hydrogens is 569 g/mol. The third-order valence-corrected chi connectivity index (χ3v) is 7.41.